The highest BCUT2D eigenvalue weighted by molar-refractivity contribution is 5.81. The largest absolute Gasteiger partial charge is 0.378 e. The molecule has 0 aromatic heterocycles. The third kappa shape index (κ3) is 1.63. The van der Waals surface area contributed by atoms with Gasteiger partial charge in [-0.25, -0.2) is 0 Å². The van der Waals surface area contributed by atoms with Crippen LogP contribution in [0.1, 0.15) is 19.8 Å². The Kier molecular flexibility index (Phi) is 2.69. The first-order valence-electron chi connectivity index (χ1n) is 5.52. The third-order valence-electron chi connectivity index (χ3n) is 3.31. The zero-order valence-corrected chi connectivity index (χ0v) is 9.28. The molecule has 2 N–H and O–H groups in total. The summed E-state index contributed by atoms with van der Waals surface area (Å²) in [6, 6.07) is 0. The Morgan fingerprint density at radius 2 is 2.47 bits per heavy atom. The Hall–Kier alpha value is -1.03. The molecule has 1 saturated carbocycles. The van der Waals surface area contributed by atoms with Gasteiger partial charge in [-0.3, -0.25) is 4.99 Å². The van der Waals surface area contributed by atoms with E-state index in [0.29, 0.717) is 12.1 Å². The van der Waals surface area contributed by atoms with Crippen LogP contribution >= 0.6 is 0 Å². The van der Waals surface area contributed by atoms with E-state index in [1.54, 1.807) is 0 Å². The van der Waals surface area contributed by atoms with E-state index in [2.05, 4.69) is 16.5 Å². The van der Waals surface area contributed by atoms with Crippen molar-refractivity contribution in [3.63, 3.8) is 0 Å². The Morgan fingerprint density at radius 3 is 3.07 bits per heavy atom. The molecule has 4 nitrogen and oxygen atoms in total. The van der Waals surface area contributed by atoms with Crippen molar-refractivity contribution in [1.29, 1.82) is 0 Å². The number of hydrogen-bond acceptors (Lipinski definition) is 4. The molecular formula is C11H19N3O. The van der Waals surface area contributed by atoms with Gasteiger partial charge < -0.3 is 15.4 Å². The van der Waals surface area contributed by atoms with Crippen LogP contribution in [0.25, 0.3) is 0 Å². The lowest BCUT2D eigenvalue weighted by molar-refractivity contribution is -0.0709. The number of aliphatic imine (C=N–C) groups is 1. The first-order chi connectivity index (χ1) is 7.22. The van der Waals surface area contributed by atoms with E-state index in [1.165, 1.54) is 0 Å². The van der Waals surface area contributed by atoms with Crippen LogP contribution in [-0.4, -0.2) is 42.2 Å². The van der Waals surface area contributed by atoms with Gasteiger partial charge in [-0.05, 0) is 19.8 Å². The van der Waals surface area contributed by atoms with Gasteiger partial charge in [0.1, 0.15) is 0 Å². The highest BCUT2D eigenvalue weighted by atomic mass is 16.5. The molecule has 84 valence electrons. The molecule has 1 aliphatic heterocycles. The lowest BCUT2D eigenvalue weighted by Gasteiger charge is -2.50. The van der Waals surface area contributed by atoms with Crippen molar-refractivity contribution in [2.45, 2.75) is 31.4 Å². The molecule has 2 rings (SSSR count). The van der Waals surface area contributed by atoms with Gasteiger partial charge >= 0.3 is 0 Å². The molecule has 1 aliphatic carbocycles. The van der Waals surface area contributed by atoms with Gasteiger partial charge in [0.15, 0.2) is 5.96 Å². The average molecular weight is 209 g/mol. The summed E-state index contributed by atoms with van der Waals surface area (Å²) in [5.74, 6) is 0.657. The van der Waals surface area contributed by atoms with Crippen molar-refractivity contribution in [2.75, 3.05) is 19.7 Å². The second-order valence-corrected chi connectivity index (χ2v) is 4.28. The first-order valence-corrected chi connectivity index (χ1v) is 5.52. The molecule has 0 atom stereocenters. The lowest BCUT2D eigenvalue weighted by Crippen LogP contribution is -2.61. The van der Waals surface area contributed by atoms with Crippen LogP contribution in [0, 0.1) is 0 Å². The monoisotopic (exact) mass is 209 g/mol. The minimum Gasteiger partial charge on any atom is -0.378 e. The Labute approximate surface area is 90.8 Å². The van der Waals surface area contributed by atoms with Gasteiger partial charge in [0, 0.05) is 13.2 Å². The smallest absolute Gasteiger partial charge is 0.192 e. The maximum atomic E-state index is 5.86. The van der Waals surface area contributed by atoms with Crippen molar-refractivity contribution in [3.8, 4) is 0 Å². The molecule has 0 aromatic rings. The van der Waals surface area contributed by atoms with Gasteiger partial charge in [-0.2, -0.15) is 0 Å². The lowest BCUT2D eigenvalue weighted by atomic mass is 9.73. The highest BCUT2D eigenvalue weighted by Crippen LogP contribution is 2.42. The van der Waals surface area contributed by atoms with Crippen molar-refractivity contribution in [2.24, 2.45) is 10.7 Å². The fourth-order valence-electron chi connectivity index (χ4n) is 2.55. The van der Waals surface area contributed by atoms with Crippen molar-refractivity contribution in [1.82, 2.24) is 4.90 Å². The summed E-state index contributed by atoms with van der Waals surface area (Å²) < 4.78 is 5.58. The highest BCUT2D eigenvalue weighted by Gasteiger charge is 2.52. The standard InChI is InChI=1S/C11H19N3O/c1-3-5-14-10(12)13-8-11(14)6-9(7-11)15-4-2/h3,9H,1,4-8H2,2H3,(H2,12,13). The molecule has 0 unspecified atom stereocenters. The number of nitrogens with two attached hydrogens (primary N) is 1. The molecule has 0 amide bonds. The molecule has 1 fully saturated rings. The van der Waals surface area contributed by atoms with Gasteiger partial charge in [0.25, 0.3) is 0 Å². The van der Waals surface area contributed by atoms with E-state index in [-0.39, 0.29) is 5.54 Å². The maximum absolute atomic E-state index is 5.86. The van der Waals surface area contributed by atoms with E-state index < -0.39 is 0 Å². The van der Waals surface area contributed by atoms with E-state index in [4.69, 9.17) is 10.5 Å². The van der Waals surface area contributed by atoms with Gasteiger partial charge in [-0.1, -0.05) is 6.08 Å². The Bertz CT molecular complexity index is 282. The summed E-state index contributed by atoms with van der Waals surface area (Å²) in [6.07, 6.45) is 4.35. The maximum Gasteiger partial charge on any atom is 0.192 e. The van der Waals surface area contributed by atoms with Crippen LogP contribution in [0.3, 0.4) is 0 Å². The quantitative estimate of drug-likeness (QED) is 0.695. The van der Waals surface area contributed by atoms with Crippen molar-refractivity contribution >= 4 is 5.96 Å². The molecule has 1 spiro atoms. The predicted octanol–water partition coefficient (Wildman–Crippen LogP) is 0.740. The van der Waals surface area contributed by atoms with Crippen LogP contribution in [0.5, 0.6) is 0 Å². The summed E-state index contributed by atoms with van der Waals surface area (Å²) in [5, 5.41) is 0. The summed E-state index contributed by atoms with van der Waals surface area (Å²) in [6.45, 7) is 8.18. The van der Waals surface area contributed by atoms with Crippen LogP contribution in [0.15, 0.2) is 17.6 Å². The molecule has 2 aliphatic rings. The van der Waals surface area contributed by atoms with Gasteiger partial charge in [-0.15, -0.1) is 6.58 Å². The molecule has 0 saturated heterocycles. The van der Waals surface area contributed by atoms with Crippen LogP contribution in [0.4, 0.5) is 0 Å². The summed E-state index contributed by atoms with van der Waals surface area (Å²) in [4.78, 5) is 6.49. The second-order valence-electron chi connectivity index (χ2n) is 4.28. The molecule has 4 heteroatoms. The zero-order chi connectivity index (χ0) is 10.9. The minimum atomic E-state index is 0.137. The van der Waals surface area contributed by atoms with Crippen LogP contribution in [-0.2, 0) is 4.74 Å². The van der Waals surface area contributed by atoms with E-state index in [1.807, 2.05) is 13.0 Å². The van der Waals surface area contributed by atoms with E-state index in [9.17, 15) is 0 Å². The zero-order valence-electron chi connectivity index (χ0n) is 9.28. The summed E-state index contributed by atoms with van der Waals surface area (Å²) in [7, 11) is 0. The first kappa shape index (κ1) is 10.5. The van der Waals surface area contributed by atoms with E-state index in [0.717, 1.165) is 32.5 Å². The fourth-order valence-corrected chi connectivity index (χ4v) is 2.55. The normalized spacial score (nSPS) is 34.1. The number of ether oxygens (including phenoxy) is 1. The van der Waals surface area contributed by atoms with Gasteiger partial charge in [0.2, 0.25) is 0 Å². The predicted molar refractivity (Wildman–Crippen MR) is 60.8 cm³/mol. The number of guanidine groups is 1. The van der Waals surface area contributed by atoms with Crippen LogP contribution in [0.2, 0.25) is 0 Å². The van der Waals surface area contributed by atoms with Crippen molar-refractivity contribution < 1.29 is 4.74 Å². The second kappa shape index (κ2) is 3.85. The molecular weight excluding hydrogens is 190 g/mol. The number of rotatable bonds is 4. The van der Waals surface area contributed by atoms with Crippen molar-refractivity contribution in [3.05, 3.63) is 12.7 Å². The fraction of sp³-hybridized carbons (Fsp3) is 0.727. The third-order valence-corrected chi connectivity index (χ3v) is 3.31. The molecule has 0 bridgehead atoms. The minimum absolute atomic E-state index is 0.137. The number of nitrogens with zero attached hydrogens (tertiary/aromatic N) is 2. The Morgan fingerprint density at radius 1 is 1.73 bits per heavy atom. The molecule has 15 heavy (non-hydrogen) atoms. The van der Waals surface area contributed by atoms with E-state index >= 15 is 0 Å². The molecule has 0 aromatic carbocycles. The van der Waals surface area contributed by atoms with Gasteiger partial charge in [0.05, 0.1) is 18.2 Å². The van der Waals surface area contributed by atoms with Crippen LogP contribution < -0.4 is 5.73 Å². The average Bonchev–Trinajstić information content (AvgIpc) is 2.47. The summed E-state index contributed by atoms with van der Waals surface area (Å²) >= 11 is 0. The Balaban J connectivity index is 1.97. The molecule has 0 radical (unpaired) electrons. The summed E-state index contributed by atoms with van der Waals surface area (Å²) in [5.41, 5.74) is 5.99. The number of hydrogen-bond donors (Lipinski definition) is 1. The molecule has 1 heterocycles. The SMILES string of the molecule is C=CCN1C(N)=NCC12CC(OCC)C2. The topological polar surface area (TPSA) is 50.8 Å².